The average Bonchev–Trinajstić information content (AvgIpc) is 2.92. The Kier molecular flexibility index (Phi) is 4.15. The lowest BCUT2D eigenvalue weighted by molar-refractivity contribution is 0.0260. The Morgan fingerprint density at radius 2 is 1.76 bits per heavy atom. The number of rotatable bonds is 3. The average molecular weight is 340 g/mol. The number of carbonyl (C=O) groups is 1. The van der Waals surface area contributed by atoms with Crippen LogP contribution in [0, 0.1) is 5.82 Å². The standard InChI is InChI=1S/C20H21FN2O2/c21-17-7-4-15(5-8-17)16-6-9-18(22-12-16)13-23-14-20(25-19(23)24)10-2-1-3-11-20/h4-9,12H,1-3,10-11,13-14H2. The van der Waals surface area contributed by atoms with E-state index >= 15 is 0 Å². The third-order valence-corrected chi connectivity index (χ3v) is 5.16. The topological polar surface area (TPSA) is 42.4 Å². The summed E-state index contributed by atoms with van der Waals surface area (Å²) in [5.41, 5.74) is 2.40. The van der Waals surface area contributed by atoms with Gasteiger partial charge in [-0.25, -0.2) is 9.18 Å². The van der Waals surface area contributed by atoms with E-state index in [0.717, 1.165) is 42.5 Å². The molecular weight excluding hydrogens is 319 g/mol. The molecule has 2 aliphatic rings. The first kappa shape index (κ1) is 16.1. The molecule has 130 valence electrons. The summed E-state index contributed by atoms with van der Waals surface area (Å²) < 4.78 is 18.7. The molecule has 0 unspecified atom stereocenters. The fourth-order valence-electron chi connectivity index (χ4n) is 3.80. The van der Waals surface area contributed by atoms with Crippen LogP contribution in [0.4, 0.5) is 9.18 Å². The molecule has 2 aromatic rings. The van der Waals surface area contributed by atoms with E-state index in [2.05, 4.69) is 4.98 Å². The van der Waals surface area contributed by atoms with Gasteiger partial charge in [-0.3, -0.25) is 9.88 Å². The van der Waals surface area contributed by atoms with Gasteiger partial charge in [0.15, 0.2) is 0 Å². The summed E-state index contributed by atoms with van der Waals surface area (Å²) in [6.07, 6.45) is 6.95. The molecule has 1 saturated heterocycles. The summed E-state index contributed by atoms with van der Waals surface area (Å²) in [6, 6.07) is 10.2. The van der Waals surface area contributed by atoms with Gasteiger partial charge in [0, 0.05) is 11.8 Å². The first-order valence-electron chi connectivity index (χ1n) is 8.82. The SMILES string of the molecule is O=C1OC2(CCCCC2)CN1Cc1ccc(-c2ccc(F)cc2)cn1. The summed E-state index contributed by atoms with van der Waals surface area (Å²) in [5, 5.41) is 0. The van der Waals surface area contributed by atoms with E-state index in [1.54, 1.807) is 23.2 Å². The van der Waals surface area contributed by atoms with Crippen molar-refractivity contribution in [3.63, 3.8) is 0 Å². The zero-order chi connectivity index (χ0) is 17.3. The molecule has 1 amide bonds. The van der Waals surface area contributed by atoms with Crippen LogP contribution < -0.4 is 0 Å². The van der Waals surface area contributed by atoms with Crippen LogP contribution in [-0.4, -0.2) is 28.1 Å². The summed E-state index contributed by atoms with van der Waals surface area (Å²) in [5.74, 6) is -0.252. The fraction of sp³-hybridized carbons (Fsp3) is 0.400. The minimum Gasteiger partial charge on any atom is -0.441 e. The van der Waals surface area contributed by atoms with E-state index in [4.69, 9.17) is 4.74 Å². The van der Waals surface area contributed by atoms with Crippen LogP contribution in [0.15, 0.2) is 42.6 Å². The van der Waals surface area contributed by atoms with Gasteiger partial charge in [-0.2, -0.15) is 0 Å². The van der Waals surface area contributed by atoms with E-state index in [1.807, 2.05) is 12.1 Å². The van der Waals surface area contributed by atoms with Crippen molar-refractivity contribution in [2.75, 3.05) is 6.54 Å². The number of aromatic nitrogens is 1. The number of hydrogen-bond donors (Lipinski definition) is 0. The second-order valence-corrected chi connectivity index (χ2v) is 7.01. The molecule has 0 N–H and O–H groups in total. The van der Waals surface area contributed by atoms with Crippen LogP contribution in [0.5, 0.6) is 0 Å². The Hall–Kier alpha value is -2.43. The van der Waals surface area contributed by atoms with Gasteiger partial charge in [0.2, 0.25) is 0 Å². The Bertz CT molecular complexity index is 752. The van der Waals surface area contributed by atoms with Gasteiger partial charge >= 0.3 is 6.09 Å². The number of halogens is 1. The molecule has 1 saturated carbocycles. The number of amides is 1. The van der Waals surface area contributed by atoms with Gasteiger partial charge < -0.3 is 4.74 Å². The van der Waals surface area contributed by atoms with Gasteiger partial charge in [0.05, 0.1) is 18.8 Å². The molecule has 25 heavy (non-hydrogen) atoms. The molecular formula is C20H21FN2O2. The number of hydrogen-bond acceptors (Lipinski definition) is 3. The van der Waals surface area contributed by atoms with Crippen molar-refractivity contribution >= 4 is 6.09 Å². The molecule has 1 aliphatic carbocycles. The van der Waals surface area contributed by atoms with Crippen molar-refractivity contribution in [1.82, 2.24) is 9.88 Å². The van der Waals surface area contributed by atoms with Crippen molar-refractivity contribution in [2.45, 2.75) is 44.2 Å². The zero-order valence-electron chi connectivity index (χ0n) is 14.1. The molecule has 1 spiro atoms. The third kappa shape index (κ3) is 3.36. The number of pyridine rings is 1. The lowest BCUT2D eigenvalue weighted by Gasteiger charge is -2.30. The first-order valence-corrected chi connectivity index (χ1v) is 8.82. The number of carbonyl (C=O) groups excluding carboxylic acids is 1. The Morgan fingerprint density at radius 3 is 2.44 bits per heavy atom. The van der Waals surface area contributed by atoms with Crippen molar-refractivity contribution in [3.8, 4) is 11.1 Å². The quantitative estimate of drug-likeness (QED) is 0.823. The molecule has 0 bridgehead atoms. The van der Waals surface area contributed by atoms with Gasteiger partial charge in [0.1, 0.15) is 11.4 Å². The lowest BCUT2D eigenvalue weighted by Crippen LogP contribution is -2.36. The maximum absolute atomic E-state index is 13.0. The van der Waals surface area contributed by atoms with Gasteiger partial charge in [-0.05, 0) is 49.4 Å². The van der Waals surface area contributed by atoms with E-state index in [1.165, 1.54) is 18.6 Å². The normalized spacial score (nSPS) is 19.2. The predicted molar refractivity (Wildman–Crippen MR) is 92.3 cm³/mol. The third-order valence-electron chi connectivity index (χ3n) is 5.16. The highest BCUT2D eigenvalue weighted by molar-refractivity contribution is 5.70. The second kappa shape index (κ2) is 6.47. The molecule has 2 fully saturated rings. The first-order chi connectivity index (χ1) is 12.1. The maximum Gasteiger partial charge on any atom is 0.410 e. The minimum absolute atomic E-state index is 0.230. The Labute approximate surface area is 146 Å². The summed E-state index contributed by atoms with van der Waals surface area (Å²) in [6.45, 7) is 1.12. The molecule has 0 atom stereocenters. The zero-order valence-corrected chi connectivity index (χ0v) is 14.1. The van der Waals surface area contributed by atoms with Crippen LogP contribution in [-0.2, 0) is 11.3 Å². The van der Waals surface area contributed by atoms with E-state index in [0.29, 0.717) is 13.1 Å². The predicted octanol–water partition coefficient (Wildman–Crippen LogP) is 4.54. The van der Waals surface area contributed by atoms with E-state index < -0.39 is 0 Å². The van der Waals surface area contributed by atoms with Crippen LogP contribution in [0.25, 0.3) is 11.1 Å². The molecule has 1 aromatic heterocycles. The van der Waals surface area contributed by atoms with Crippen LogP contribution in [0.2, 0.25) is 0 Å². The summed E-state index contributed by atoms with van der Waals surface area (Å²) in [4.78, 5) is 18.4. The van der Waals surface area contributed by atoms with E-state index in [-0.39, 0.29) is 17.5 Å². The Morgan fingerprint density at radius 1 is 1.04 bits per heavy atom. The van der Waals surface area contributed by atoms with Crippen LogP contribution >= 0.6 is 0 Å². The number of ether oxygens (including phenoxy) is 1. The Balaban J connectivity index is 1.44. The molecule has 0 radical (unpaired) electrons. The maximum atomic E-state index is 13.0. The van der Waals surface area contributed by atoms with Crippen molar-refractivity contribution < 1.29 is 13.9 Å². The molecule has 5 heteroatoms. The highest BCUT2D eigenvalue weighted by Gasteiger charge is 2.45. The molecule has 1 aromatic carbocycles. The van der Waals surface area contributed by atoms with Crippen LogP contribution in [0.3, 0.4) is 0 Å². The van der Waals surface area contributed by atoms with E-state index in [9.17, 15) is 9.18 Å². The minimum atomic E-state index is -0.274. The lowest BCUT2D eigenvalue weighted by atomic mass is 9.85. The highest BCUT2D eigenvalue weighted by atomic mass is 19.1. The largest absolute Gasteiger partial charge is 0.441 e. The smallest absolute Gasteiger partial charge is 0.410 e. The van der Waals surface area contributed by atoms with Crippen molar-refractivity contribution in [1.29, 1.82) is 0 Å². The molecule has 1 aliphatic heterocycles. The highest BCUT2D eigenvalue weighted by Crippen LogP contribution is 2.37. The van der Waals surface area contributed by atoms with Crippen molar-refractivity contribution in [3.05, 3.63) is 54.1 Å². The van der Waals surface area contributed by atoms with Crippen LogP contribution in [0.1, 0.15) is 37.8 Å². The van der Waals surface area contributed by atoms with Gasteiger partial charge in [0.25, 0.3) is 0 Å². The summed E-state index contributed by atoms with van der Waals surface area (Å²) in [7, 11) is 0. The fourth-order valence-corrected chi connectivity index (χ4v) is 3.80. The number of benzene rings is 1. The molecule has 4 nitrogen and oxygen atoms in total. The van der Waals surface area contributed by atoms with Gasteiger partial charge in [-0.15, -0.1) is 0 Å². The molecule has 2 heterocycles. The molecule has 4 rings (SSSR count). The monoisotopic (exact) mass is 340 g/mol. The number of nitrogens with zero attached hydrogens (tertiary/aromatic N) is 2. The van der Waals surface area contributed by atoms with Gasteiger partial charge in [-0.1, -0.05) is 24.6 Å². The second-order valence-electron chi connectivity index (χ2n) is 7.01. The van der Waals surface area contributed by atoms with Crippen molar-refractivity contribution in [2.24, 2.45) is 0 Å². The summed E-state index contributed by atoms with van der Waals surface area (Å²) >= 11 is 0.